The fourth-order valence-corrected chi connectivity index (χ4v) is 1.98. The molecule has 0 atom stereocenters. The maximum atomic E-state index is 12.1. The van der Waals surface area contributed by atoms with Gasteiger partial charge in [-0.25, -0.2) is 0 Å². The Morgan fingerprint density at radius 1 is 1.29 bits per heavy atom. The molecular weight excluding hydrogens is 351 g/mol. The Balaban J connectivity index is 2.51. The molecule has 0 N–H and O–H groups in total. The summed E-state index contributed by atoms with van der Waals surface area (Å²) in [5.74, 6) is 0.117. The summed E-state index contributed by atoms with van der Waals surface area (Å²) in [7, 11) is 0. The molecule has 1 aromatic rings. The third-order valence-electron chi connectivity index (χ3n) is 2.65. The highest BCUT2D eigenvalue weighted by molar-refractivity contribution is 9.10. The van der Waals surface area contributed by atoms with Gasteiger partial charge in [0.1, 0.15) is 11.5 Å². The molecule has 0 aliphatic heterocycles. The number of nitrogens with zero attached hydrogens (tertiary/aromatic N) is 1. The molecule has 0 aliphatic rings. The van der Waals surface area contributed by atoms with Crippen LogP contribution in [-0.4, -0.2) is 13.0 Å². The SMILES string of the molecule is CC(C)(C#N)CCCOc1ccc(OC(F)(F)F)c(Br)c1. The molecule has 1 rings (SSSR count). The molecule has 7 heteroatoms. The third kappa shape index (κ3) is 6.71. The first-order valence-electron chi connectivity index (χ1n) is 6.22. The average molecular weight is 366 g/mol. The van der Waals surface area contributed by atoms with Gasteiger partial charge in [-0.3, -0.25) is 0 Å². The monoisotopic (exact) mass is 365 g/mol. The van der Waals surface area contributed by atoms with Crippen LogP contribution in [0.1, 0.15) is 26.7 Å². The van der Waals surface area contributed by atoms with E-state index in [1.54, 1.807) is 0 Å². The van der Waals surface area contributed by atoms with Crippen molar-refractivity contribution in [1.82, 2.24) is 0 Å². The van der Waals surface area contributed by atoms with Crippen LogP contribution in [0.3, 0.4) is 0 Å². The second-order valence-electron chi connectivity index (χ2n) is 5.09. The van der Waals surface area contributed by atoms with Gasteiger partial charge in [0, 0.05) is 0 Å². The first kappa shape index (κ1) is 17.6. The number of hydrogen-bond donors (Lipinski definition) is 0. The van der Waals surface area contributed by atoms with Crippen molar-refractivity contribution in [3.63, 3.8) is 0 Å². The molecule has 0 heterocycles. The lowest BCUT2D eigenvalue weighted by Crippen LogP contribution is -2.17. The lowest BCUT2D eigenvalue weighted by molar-refractivity contribution is -0.274. The number of benzene rings is 1. The summed E-state index contributed by atoms with van der Waals surface area (Å²) in [6.07, 6.45) is -3.37. The van der Waals surface area contributed by atoms with E-state index in [2.05, 4.69) is 26.7 Å². The van der Waals surface area contributed by atoms with E-state index < -0.39 is 11.8 Å². The molecule has 0 saturated carbocycles. The van der Waals surface area contributed by atoms with E-state index in [0.29, 0.717) is 25.2 Å². The number of halogens is 4. The van der Waals surface area contributed by atoms with Crippen LogP contribution in [0.25, 0.3) is 0 Å². The van der Waals surface area contributed by atoms with Crippen molar-refractivity contribution < 1.29 is 22.6 Å². The molecule has 0 spiro atoms. The molecule has 0 radical (unpaired) electrons. The molecule has 0 aromatic heterocycles. The molecular formula is C14H15BrF3NO2. The van der Waals surface area contributed by atoms with Gasteiger partial charge in [-0.15, -0.1) is 13.2 Å². The Kier molecular flexibility index (Phi) is 5.90. The second kappa shape index (κ2) is 7.03. The Morgan fingerprint density at radius 3 is 2.48 bits per heavy atom. The zero-order valence-electron chi connectivity index (χ0n) is 11.6. The average Bonchev–Trinajstić information content (AvgIpc) is 2.36. The summed E-state index contributed by atoms with van der Waals surface area (Å²) >= 11 is 3.00. The van der Waals surface area contributed by atoms with Crippen molar-refractivity contribution in [1.29, 1.82) is 5.26 Å². The van der Waals surface area contributed by atoms with Crippen LogP contribution in [0.15, 0.2) is 22.7 Å². The van der Waals surface area contributed by atoms with Crippen molar-refractivity contribution in [3.8, 4) is 17.6 Å². The summed E-state index contributed by atoms with van der Waals surface area (Å²) in [4.78, 5) is 0. The first-order chi connectivity index (χ1) is 9.63. The number of hydrogen-bond acceptors (Lipinski definition) is 3. The lowest BCUT2D eigenvalue weighted by Gasteiger charge is -2.15. The van der Waals surface area contributed by atoms with Gasteiger partial charge in [0.25, 0.3) is 0 Å². The molecule has 116 valence electrons. The summed E-state index contributed by atoms with van der Waals surface area (Å²) in [5.41, 5.74) is -0.408. The Bertz CT molecular complexity index is 524. The maximum absolute atomic E-state index is 12.1. The van der Waals surface area contributed by atoms with E-state index in [4.69, 9.17) is 10.00 Å². The molecule has 0 bridgehead atoms. The number of rotatable bonds is 6. The maximum Gasteiger partial charge on any atom is 0.573 e. The molecule has 0 amide bonds. The minimum absolute atomic E-state index is 0.162. The van der Waals surface area contributed by atoms with Crippen LogP contribution in [-0.2, 0) is 0 Å². The van der Waals surface area contributed by atoms with Gasteiger partial charge in [0.05, 0.1) is 22.6 Å². The number of nitriles is 1. The quantitative estimate of drug-likeness (QED) is 0.661. The van der Waals surface area contributed by atoms with Crippen molar-refractivity contribution in [2.45, 2.75) is 33.1 Å². The van der Waals surface area contributed by atoms with Gasteiger partial charge >= 0.3 is 6.36 Å². The van der Waals surface area contributed by atoms with Gasteiger partial charge in [-0.2, -0.15) is 5.26 Å². The topological polar surface area (TPSA) is 42.2 Å². The van der Waals surface area contributed by atoms with E-state index in [9.17, 15) is 13.2 Å². The van der Waals surface area contributed by atoms with Crippen molar-refractivity contribution in [2.75, 3.05) is 6.61 Å². The minimum atomic E-state index is -4.73. The summed E-state index contributed by atoms with van der Waals surface area (Å²) in [6.45, 7) is 4.07. The van der Waals surface area contributed by atoms with Gasteiger partial charge < -0.3 is 9.47 Å². The van der Waals surface area contributed by atoms with Crippen LogP contribution in [0, 0.1) is 16.7 Å². The fourth-order valence-electron chi connectivity index (χ4n) is 1.54. The molecule has 1 aromatic carbocycles. The van der Waals surface area contributed by atoms with Crippen molar-refractivity contribution >= 4 is 15.9 Å². The van der Waals surface area contributed by atoms with E-state index >= 15 is 0 Å². The van der Waals surface area contributed by atoms with Crippen molar-refractivity contribution in [2.24, 2.45) is 5.41 Å². The van der Waals surface area contributed by atoms with Gasteiger partial charge in [0.15, 0.2) is 0 Å². The largest absolute Gasteiger partial charge is 0.573 e. The summed E-state index contributed by atoms with van der Waals surface area (Å²) < 4.78 is 45.8. The Morgan fingerprint density at radius 2 is 1.95 bits per heavy atom. The number of ether oxygens (including phenoxy) is 2. The summed E-state index contributed by atoms with van der Waals surface area (Å²) in [5, 5.41) is 8.87. The Labute approximate surface area is 129 Å². The van der Waals surface area contributed by atoms with Crippen LogP contribution in [0.5, 0.6) is 11.5 Å². The molecule has 0 unspecified atom stereocenters. The smallest absolute Gasteiger partial charge is 0.494 e. The van der Waals surface area contributed by atoms with Gasteiger partial charge in [0.2, 0.25) is 0 Å². The van der Waals surface area contributed by atoms with E-state index in [1.165, 1.54) is 18.2 Å². The van der Waals surface area contributed by atoms with Crippen LogP contribution in [0.2, 0.25) is 0 Å². The third-order valence-corrected chi connectivity index (χ3v) is 3.27. The molecule has 0 saturated heterocycles. The van der Waals surface area contributed by atoms with E-state index in [-0.39, 0.29) is 10.2 Å². The predicted molar refractivity (Wildman–Crippen MR) is 74.9 cm³/mol. The van der Waals surface area contributed by atoms with E-state index in [1.807, 2.05) is 13.8 Å². The predicted octanol–water partition coefficient (Wildman–Crippen LogP) is 5.06. The van der Waals surface area contributed by atoms with Gasteiger partial charge in [-0.1, -0.05) is 0 Å². The zero-order chi connectivity index (χ0) is 16.1. The van der Waals surface area contributed by atoms with E-state index in [0.717, 1.165) is 0 Å². The normalized spacial score (nSPS) is 11.9. The minimum Gasteiger partial charge on any atom is -0.494 e. The Hall–Kier alpha value is -1.42. The fraction of sp³-hybridized carbons (Fsp3) is 0.500. The zero-order valence-corrected chi connectivity index (χ0v) is 13.2. The highest BCUT2D eigenvalue weighted by atomic mass is 79.9. The second-order valence-corrected chi connectivity index (χ2v) is 5.94. The molecule has 21 heavy (non-hydrogen) atoms. The first-order valence-corrected chi connectivity index (χ1v) is 7.02. The highest BCUT2D eigenvalue weighted by Crippen LogP contribution is 2.33. The standard InChI is InChI=1S/C14H15BrF3NO2/c1-13(2,9-19)6-3-7-20-10-4-5-12(11(15)8-10)21-14(16,17)18/h4-5,8H,3,6-7H2,1-2H3. The molecule has 3 nitrogen and oxygen atoms in total. The molecule has 0 fully saturated rings. The highest BCUT2D eigenvalue weighted by Gasteiger charge is 2.32. The van der Waals surface area contributed by atoms with Crippen LogP contribution >= 0.6 is 15.9 Å². The number of alkyl halides is 3. The van der Waals surface area contributed by atoms with Crippen molar-refractivity contribution in [3.05, 3.63) is 22.7 Å². The summed E-state index contributed by atoms with van der Waals surface area (Å²) in [6, 6.07) is 6.20. The van der Waals surface area contributed by atoms with Crippen LogP contribution in [0.4, 0.5) is 13.2 Å². The lowest BCUT2D eigenvalue weighted by atomic mass is 9.90. The molecule has 0 aliphatic carbocycles. The van der Waals surface area contributed by atoms with Gasteiger partial charge in [-0.05, 0) is 60.8 Å². The van der Waals surface area contributed by atoms with Crippen LogP contribution < -0.4 is 9.47 Å².